The number of carboxylic acids is 1. The fraction of sp³-hybridized carbons (Fsp3) is 0.250. The van der Waals surface area contributed by atoms with Crippen molar-refractivity contribution in [2.45, 2.75) is 6.04 Å². The smallest absolute Gasteiger partial charge is 0.330 e. The monoisotopic (exact) mass is 300 g/mol. The molecule has 0 spiro atoms. The molecule has 1 atom stereocenters. The lowest BCUT2D eigenvalue weighted by Gasteiger charge is -2.21. The molecule has 22 heavy (non-hydrogen) atoms. The van der Waals surface area contributed by atoms with Gasteiger partial charge in [0.2, 0.25) is 0 Å². The van der Waals surface area contributed by atoms with E-state index in [1.807, 2.05) is 18.2 Å². The number of ether oxygens (including phenoxy) is 1. The van der Waals surface area contributed by atoms with Crippen LogP contribution in [0.5, 0.6) is 5.75 Å². The predicted octanol–water partition coefficient (Wildman–Crippen LogP) is 1.65. The van der Waals surface area contributed by atoms with Crippen molar-refractivity contribution in [1.29, 1.82) is 0 Å². The minimum absolute atomic E-state index is 0.296. The first kappa shape index (κ1) is 14.2. The quantitative estimate of drug-likeness (QED) is 0.875. The van der Waals surface area contributed by atoms with E-state index in [-0.39, 0.29) is 5.91 Å². The van der Waals surface area contributed by atoms with Crippen LogP contribution in [0.15, 0.2) is 36.4 Å². The number of hydrogen-bond donors (Lipinski definition) is 1. The lowest BCUT2D eigenvalue weighted by atomic mass is 10.2. The molecule has 1 aliphatic rings. The van der Waals surface area contributed by atoms with E-state index in [1.165, 1.54) is 11.0 Å². The highest BCUT2D eigenvalue weighted by molar-refractivity contribution is 6.01. The summed E-state index contributed by atoms with van der Waals surface area (Å²) >= 11 is 0. The fourth-order valence-electron chi connectivity index (χ4n) is 2.73. The summed E-state index contributed by atoms with van der Waals surface area (Å²) in [6.07, 6.45) is 3.23. The number of carbonyl (C=O) groups is 2. The number of amides is 1. The second kappa shape index (κ2) is 5.22. The zero-order valence-corrected chi connectivity index (χ0v) is 12.3. The maximum Gasteiger partial charge on any atom is 0.330 e. The number of fused-ring (bicyclic) bond motifs is 1. The van der Waals surface area contributed by atoms with Crippen LogP contribution in [-0.4, -0.2) is 46.1 Å². The largest absolute Gasteiger partial charge is 0.497 e. The molecule has 1 aromatic carbocycles. The Bertz CT molecular complexity index is 791. The Balaban J connectivity index is 2.01. The van der Waals surface area contributed by atoms with E-state index in [4.69, 9.17) is 4.74 Å². The Morgan fingerprint density at radius 2 is 2.09 bits per heavy atom. The van der Waals surface area contributed by atoms with Crippen LogP contribution in [0.1, 0.15) is 10.5 Å². The summed E-state index contributed by atoms with van der Waals surface area (Å²) in [5.74, 6) is -0.614. The van der Waals surface area contributed by atoms with Crippen LogP contribution in [0, 0.1) is 0 Å². The number of benzene rings is 1. The summed E-state index contributed by atoms with van der Waals surface area (Å²) < 4.78 is 6.96. The predicted molar refractivity (Wildman–Crippen MR) is 81.1 cm³/mol. The number of rotatable bonds is 3. The molecule has 0 radical (unpaired) electrons. The van der Waals surface area contributed by atoms with E-state index in [0.717, 1.165) is 10.9 Å². The Labute approximate surface area is 127 Å². The van der Waals surface area contributed by atoms with Crippen molar-refractivity contribution in [2.24, 2.45) is 7.05 Å². The van der Waals surface area contributed by atoms with Crippen LogP contribution < -0.4 is 4.74 Å². The second-order valence-corrected chi connectivity index (χ2v) is 5.18. The summed E-state index contributed by atoms with van der Waals surface area (Å²) in [4.78, 5) is 25.2. The van der Waals surface area contributed by atoms with Crippen molar-refractivity contribution in [2.75, 3.05) is 13.7 Å². The van der Waals surface area contributed by atoms with E-state index >= 15 is 0 Å². The summed E-state index contributed by atoms with van der Waals surface area (Å²) in [5.41, 5.74) is 1.32. The van der Waals surface area contributed by atoms with Crippen LogP contribution in [0.4, 0.5) is 0 Å². The summed E-state index contributed by atoms with van der Waals surface area (Å²) in [5, 5.41) is 10.1. The minimum Gasteiger partial charge on any atom is -0.497 e. The van der Waals surface area contributed by atoms with Gasteiger partial charge in [-0.3, -0.25) is 4.79 Å². The molecule has 1 aliphatic heterocycles. The van der Waals surface area contributed by atoms with Crippen LogP contribution in [-0.2, 0) is 11.8 Å². The number of carbonyl (C=O) groups excluding carboxylic acids is 1. The summed E-state index contributed by atoms with van der Waals surface area (Å²) in [7, 11) is 3.37. The number of methoxy groups -OCH3 is 1. The van der Waals surface area contributed by atoms with Crippen molar-refractivity contribution in [3.8, 4) is 5.75 Å². The molecule has 1 aromatic heterocycles. The number of aromatic nitrogens is 1. The highest BCUT2D eigenvalue weighted by atomic mass is 16.5. The van der Waals surface area contributed by atoms with Gasteiger partial charge in [0.25, 0.3) is 5.91 Å². The number of aliphatic carboxylic acids is 1. The average molecular weight is 300 g/mol. The SMILES string of the molecule is COc1ccc2cc(C(=O)N3CC=C[C@H]3C(=O)O)n(C)c2c1. The molecule has 6 heteroatoms. The fourth-order valence-corrected chi connectivity index (χ4v) is 2.73. The van der Waals surface area contributed by atoms with Crippen molar-refractivity contribution in [1.82, 2.24) is 9.47 Å². The topological polar surface area (TPSA) is 71.8 Å². The first-order valence-corrected chi connectivity index (χ1v) is 6.87. The average Bonchev–Trinajstić information content (AvgIpc) is 3.11. The number of carboxylic acid groups (broad SMARTS) is 1. The van der Waals surface area contributed by atoms with E-state index in [1.54, 1.807) is 30.9 Å². The first-order chi connectivity index (χ1) is 10.5. The van der Waals surface area contributed by atoms with Gasteiger partial charge in [-0.2, -0.15) is 0 Å². The number of hydrogen-bond acceptors (Lipinski definition) is 3. The molecule has 0 saturated carbocycles. The molecule has 0 saturated heterocycles. The summed E-state index contributed by atoms with van der Waals surface area (Å²) in [6, 6.07) is 6.42. The first-order valence-electron chi connectivity index (χ1n) is 6.87. The minimum atomic E-state index is -1.03. The molecule has 1 amide bonds. The van der Waals surface area contributed by atoms with Gasteiger partial charge in [0.15, 0.2) is 0 Å². The molecule has 0 bridgehead atoms. The highest BCUT2D eigenvalue weighted by Gasteiger charge is 2.32. The van der Waals surface area contributed by atoms with E-state index in [2.05, 4.69) is 0 Å². The van der Waals surface area contributed by atoms with Gasteiger partial charge in [0, 0.05) is 25.0 Å². The van der Waals surface area contributed by atoms with Crippen molar-refractivity contribution >= 4 is 22.8 Å². The zero-order chi connectivity index (χ0) is 15.9. The molecule has 3 rings (SSSR count). The van der Waals surface area contributed by atoms with Crippen LogP contribution in [0.25, 0.3) is 10.9 Å². The maximum atomic E-state index is 12.7. The van der Waals surface area contributed by atoms with E-state index in [9.17, 15) is 14.7 Å². The van der Waals surface area contributed by atoms with Gasteiger partial charge in [-0.15, -0.1) is 0 Å². The van der Waals surface area contributed by atoms with Gasteiger partial charge in [0.1, 0.15) is 17.5 Å². The number of nitrogens with zero attached hydrogens (tertiary/aromatic N) is 2. The van der Waals surface area contributed by atoms with Gasteiger partial charge >= 0.3 is 5.97 Å². The Hall–Kier alpha value is -2.76. The van der Waals surface area contributed by atoms with Crippen LogP contribution >= 0.6 is 0 Å². The maximum absolute atomic E-state index is 12.7. The molecular formula is C16H16N2O4. The van der Waals surface area contributed by atoms with Crippen LogP contribution in [0.2, 0.25) is 0 Å². The van der Waals surface area contributed by atoms with Gasteiger partial charge in [-0.1, -0.05) is 12.2 Å². The lowest BCUT2D eigenvalue weighted by Crippen LogP contribution is -2.41. The van der Waals surface area contributed by atoms with Crippen molar-refractivity contribution in [3.63, 3.8) is 0 Å². The van der Waals surface area contributed by atoms with Crippen molar-refractivity contribution in [3.05, 3.63) is 42.1 Å². The normalized spacial score (nSPS) is 17.2. The Morgan fingerprint density at radius 3 is 2.77 bits per heavy atom. The zero-order valence-electron chi connectivity index (χ0n) is 12.3. The van der Waals surface area contributed by atoms with Gasteiger partial charge in [-0.05, 0) is 18.2 Å². The van der Waals surface area contributed by atoms with Gasteiger partial charge < -0.3 is 19.3 Å². The molecule has 1 N–H and O–H groups in total. The van der Waals surface area contributed by atoms with Gasteiger partial charge in [0.05, 0.1) is 12.6 Å². The highest BCUT2D eigenvalue weighted by Crippen LogP contribution is 2.25. The van der Waals surface area contributed by atoms with Crippen molar-refractivity contribution < 1.29 is 19.4 Å². The van der Waals surface area contributed by atoms with E-state index < -0.39 is 12.0 Å². The molecule has 0 unspecified atom stereocenters. The molecule has 0 aliphatic carbocycles. The lowest BCUT2D eigenvalue weighted by molar-refractivity contribution is -0.140. The van der Waals surface area contributed by atoms with Crippen LogP contribution in [0.3, 0.4) is 0 Å². The molecule has 114 valence electrons. The summed E-state index contributed by atoms with van der Waals surface area (Å²) in [6.45, 7) is 0.306. The van der Waals surface area contributed by atoms with Gasteiger partial charge in [-0.25, -0.2) is 4.79 Å². The third-order valence-corrected chi connectivity index (χ3v) is 3.94. The van der Waals surface area contributed by atoms with E-state index in [0.29, 0.717) is 18.0 Å². The third-order valence-electron chi connectivity index (χ3n) is 3.94. The Kier molecular flexibility index (Phi) is 3.36. The molecular weight excluding hydrogens is 284 g/mol. The standard InChI is InChI=1S/C16H16N2O4/c1-17-13-9-11(22-2)6-5-10(13)8-14(17)15(19)18-7-3-4-12(18)16(20)21/h3-6,8-9,12H,7H2,1-2H3,(H,20,21)/t12-/m0/s1. The molecule has 6 nitrogen and oxygen atoms in total. The third kappa shape index (κ3) is 2.13. The number of aryl methyl sites for hydroxylation is 1. The molecule has 2 heterocycles. The molecule has 2 aromatic rings. The molecule has 0 fully saturated rings. The second-order valence-electron chi connectivity index (χ2n) is 5.18. The Morgan fingerprint density at radius 1 is 1.32 bits per heavy atom.